The molecule has 19 heavy (non-hydrogen) atoms. The van der Waals surface area contributed by atoms with E-state index in [1.54, 1.807) is 0 Å². The molecule has 1 aliphatic heterocycles. The molecule has 0 bridgehead atoms. The Hall–Kier alpha value is -1.87. The molecule has 0 amide bonds. The van der Waals surface area contributed by atoms with Gasteiger partial charge in [-0.3, -0.25) is 4.98 Å². The molecule has 1 aliphatic rings. The molecule has 0 fully saturated rings. The first-order chi connectivity index (χ1) is 9.25. The number of nitrogens with two attached hydrogens (primary N) is 1. The van der Waals surface area contributed by atoms with Crippen molar-refractivity contribution in [1.82, 2.24) is 4.98 Å². The monoisotopic (exact) mass is 254 g/mol. The van der Waals surface area contributed by atoms with E-state index in [-0.39, 0.29) is 6.04 Å². The Morgan fingerprint density at radius 2 is 2.05 bits per heavy atom. The molecule has 2 N–H and O–H groups in total. The van der Waals surface area contributed by atoms with E-state index >= 15 is 0 Å². The summed E-state index contributed by atoms with van der Waals surface area (Å²) < 4.78 is 5.82. The van der Waals surface area contributed by atoms with E-state index in [2.05, 4.69) is 17.1 Å². The van der Waals surface area contributed by atoms with E-state index in [0.29, 0.717) is 0 Å². The van der Waals surface area contributed by atoms with E-state index in [9.17, 15) is 0 Å². The zero-order chi connectivity index (χ0) is 13.2. The van der Waals surface area contributed by atoms with Crippen LogP contribution in [0.15, 0.2) is 36.4 Å². The van der Waals surface area contributed by atoms with Crippen molar-refractivity contribution in [2.45, 2.75) is 25.8 Å². The summed E-state index contributed by atoms with van der Waals surface area (Å²) >= 11 is 0. The second-order valence-electron chi connectivity index (χ2n) is 4.97. The molecule has 3 nitrogen and oxygen atoms in total. The van der Waals surface area contributed by atoms with Gasteiger partial charge in [0.25, 0.3) is 0 Å². The molecule has 1 aromatic heterocycles. The van der Waals surface area contributed by atoms with Crippen molar-refractivity contribution in [3.8, 4) is 5.75 Å². The van der Waals surface area contributed by atoms with Crippen LogP contribution in [0.4, 0.5) is 0 Å². The Kier molecular flexibility index (Phi) is 3.22. The highest BCUT2D eigenvalue weighted by molar-refractivity contribution is 5.46. The number of aromatic nitrogens is 1. The summed E-state index contributed by atoms with van der Waals surface area (Å²) in [4.78, 5) is 4.52. The van der Waals surface area contributed by atoms with E-state index in [1.807, 2.05) is 31.2 Å². The number of hydrogen-bond acceptors (Lipinski definition) is 3. The summed E-state index contributed by atoms with van der Waals surface area (Å²) in [7, 11) is 0. The number of benzene rings is 1. The van der Waals surface area contributed by atoms with Crippen molar-refractivity contribution >= 4 is 0 Å². The van der Waals surface area contributed by atoms with Gasteiger partial charge in [-0.1, -0.05) is 24.3 Å². The SMILES string of the molecule is Cc1cccc(C(N)c2cccc3c2OCCC3)n1. The predicted octanol–water partition coefficient (Wildman–Crippen LogP) is 2.76. The van der Waals surface area contributed by atoms with Crippen LogP contribution in [-0.4, -0.2) is 11.6 Å². The molecule has 0 spiro atoms. The van der Waals surface area contributed by atoms with E-state index in [0.717, 1.165) is 42.1 Å². The van der Waals surface area contributed by atoms with Crippen molar-refractivity contribution in [2.75, 3.05) is 6.61 Å². The number of ether oxygens (including phenoxy) is 1. The fourth-order valence-electron chi connectivity index (χ4n) is 2.56. The fourth-order valence-corrected chi connectivity index (χ4v) is 2.56. The molecule has 1 aromatic carbocycles. The zero-order valence-electron chi connectivity index (χ0n) is 11.1. The molecular weight excluding hydrogens is 236 g/mol. The third-order valence-electron chi connectivity index (χ3n) is 3.53. The van der Waals surface area contributed by atoms with Crippen LogP contribution < -0.4 is 10.5 Å². The minimum Gasteiger partial charge on any atom is -0.493 e. The first kappa shape index (κ1) is 12.2. The van der Waals surface area contributed by atoms with Gasteiger partial charge in [0.15, 0.2) is 0 Å². The molecule has 98 valence electrons. The van der Waals surface area contributed by atoms with Crippen LogP contribution in [-0.2, 0) is 6.42 Å². The summed E-state index contributed by atoms with van der Waals surface area (Å²) in [6.45, 7) is 2.76. The van der Waals surface area contributed by atoms with Gasteiger partial charge in [0.05, 0.1) is 18.3 Å². The highest BCUT2D eigenvalue weighted by Crippen LogP contribution is 2.34. The average Bonchev–Trinajstić information content (AvgIpc) is 2.46. The Morgan fingerprint density at radius 1 is 1.21 bits per heavy atom. The van der Waals surface area contributed by atoms with Crippen molar-refractivity contribution in [2.24, 2.45) is 5.73 Å². The first-order valence-electron chi connectivity index (χ1n) is 6.69. The van der Waals surface area contributed by atoms with Crippen molar-refractivity contribution in [3.05, 3.63) is 58.9 Å². The molecule has 2 aromatic rings. The highest BCUT2D eigenvalue weighted by atomic mass is 16.5. The van der Waals surface area contributed by atoms with Crippen LogP contribution in [0.5, 0.6) is 5.75 Å². The van der Waals surface area contributed by atoms with Gasteiger partial charge in [-0.25, -0.2) is 0 Å². The van der Waals surface area contributed by atoms with Crippen molar-refractivity contribution < 1.29 is 4.74 Å². The van der Waals surface area contributed by atoms with Crippen LogP contribution >= 0.6 is 0 Å². The lowest BCUT2D eigenvalue weighted by atomic mass is 9.96. The number of rotatable bonds is 2. The molecular formula is C16H18N2O. The van der Waals surface area contributed by atoms with Gasteiger partial charge >= 0.3 is 0 Å². The third-order valence-corrected chi connectivity index (χ3v) is 3.53. The smallest absolute Gasteiger partial charge is 0.127 e. The maximum Gasteiger partial charge on any atom is 0.127 e. The normalized spacial score (nSPS) is 15.5. The summed E-state index contributed by atoms with van der Waals surface area (Å²) in [6, 6.07) is 11.9. The zero-order valence-corrected chi connectivity index (χ0v) is 11.1. The minimum atomic E-state index is -0.229. The van der Waals surface area contributed by atoms with Gasteiger partial charge in [0, 0.05) is 11.3 Å². The number of nitrogens with zero attached hydrogens (tertiary/aromatic N) is 1. The van der Waals surface area contributed by atoms with Crippen LogP contribution in [0, 0.1) is 6.92 Å². The number of aryl methyl sites for hydroxylation is 2. The average molecular weight is 254 g/mol. The van der Waals surface area contributed by atoms with Gasteiger partial charge in [-0.05, 0) is 37.5 Å². The Labute approximate surface area is 113 Å². The first-order valence-corrected chi connectivity index (χ1v) is 6.69. The Balaban J connectivity index is 2.02. The quantitative estimate of drug-likeness (QED) is 0.896. The standard InChI is InChI=1S/C16H18N2O/c1-11-5-2-9-14(18-11)15(17)13-8-3-6-12-7-4-10-19-16(12)13/h2-3,5-6,8-9,15H,4,7,10,17H2,1H3. The molecule has 0 saturated carbocycles. The maximum atomic E-state index is 6.37. The molecule has 3 heteroatoms. The van der Waals surface area contributed by atoms with Crippen molar-refractivity contribution in [3.63, 3.8) is 0 Å². The lowest BCUT2D eigenvalue weighted by Crippen LogP contribution is -2.18. The summed E-state index contributed by atoms with van der Waals surface area (Å²) in [5.41, 5.74) is 10.5. The third kappa shape index (κ3) is 2.34. The van der Waals surface area contributed by atoms with E-state index in [1.165, 1.54) is 5.56 Å². The largest absolute Gasteiger partial charge is 0.493 e. The summed E-state index contributed by atoms with van der Waals surface area (Å²) in [5.74, 6) is 0.963. The van der Waals surface area contributed by atoms with Crippen LogP contribution in [0.3, 0.4) is 0 Å². The van der Waals surface area contributed by atoms with Crippen LogP contribution in [0.25, 0.3) is 0 Å². The summed E-state index contributed by atoms with van der Waals surface area (Å²) in [6.07, 6.45) is 2.14. The molecule has 1 atom stereocenters. The summed E-state index contributed by atoms with van der Waals surface area (Å²) in [5, 5.41) is 0. The Bertz CT molecular complexity index is 595. The molecule has 2 heterocycles. The van der Waals surface area contributed by atoms with Crippen LogP contribution in [0.2, 0.25) is 0 Å². The topological polar surface area (TPSA) is 48.1 Å². The lowest BCUT2D eigenvalue weighted by molar-refractivity contribution is 0.284. The van der Waals surface area contributed by atoms with Gasteiger partial charge in [-0.2, -0.15) is 0 Å². The van der Waals surface area contributed by atoms with E-state index in [4.69, 9.17) is 10.5 Å². The number of fused-ring (bicyclic) bond motifs is 1. The van der Waals surface area contributed by atoms with Gasteiger partial charge in [0.2, 0.25) is 0 Å². The molecule has 3 rings (SSSR count). The number of hydrogen-bond donors (Lipinski definition) is 1. The molecule has 1 unspecified atom stereocenters. The lowest BCUT2D eigenvalue weighted by Gasteiger charge is -2.23. The van der Waals surface area contributed by atoms with E-state index < -0.39 is 0 Å². The highest BCUT2D eigenvalue weighted by Gasteiger charge is 2.20. The molecule has 0 aliphatic carbocycles. The maximum absolute atomic E-state index is 6.37. The van der Waals surface area contributed by atoms with Gasteiger partial charge in [0.1, 0.15) is 5.75 Å². The molecule has 0 saturated heterocycles. The van der Waals surface area contributed by atoms with Crippen LogP contribution in [0.1, 0.15) is 35.0 Å². The number of pyridine rings is 1. The number of para-hydroxylation sites is 1. The fraction of sp³-hybridized carbons (Fsp3) is 0.312. The van der Waals surface area contributed by atoms with Gasteiger partial charge in [-0.15, -0.1) is 0 Å². The molecule has 0 radical (unpaired) electrons. The van der Waals surface area contributed by atoms with Crippen molar-refractivity contribution in [1.29, 1.82) is 0 Å². The second kappa shape index (κ2) is 5.02. The second-order valence-corrected chi connectivity index (χ2v) is 4.97. The predicted molar refractivity (Wildman–Crippen MR) is 75.3 cm³/mol. The van der Waals surface area contributed by atoms with Gasteiger partial charge < -0.3 is 10.5 Å². The minimum absolute atomic E-state index is 0.229. The Morgan fingerprint density at radius 3 is 2.89 bits per heavy atom.